The third kappa shape index (κ3) is 3.40. The molecule has 0 spiro atoms. The van der Waals surface area contributed by atoms with Gasteiger partial charge in [-0.1, -0.05) is 5.92 Å². The van der Waals surface area contributed by atoms with Crippen LogP contribution in [0.1, 0.15) is 20.8 Å². The Balaban J connectivity index is 4.01. The third-order valence-corrected chi connectivity index (χ3v) is 1.42. The molecule has 0 unspecified atom stereocenters. The summed E-state index contributed by atoms with van der Waals surface area (Å²) in [5, 5.41) is 2.88. The van der Waals surface area contributed by atoms with E-state index in [0.29, 0.717) is 13.2 Å². The van der Waals surface area contributed by atoms with Gasteiger partial charge in [-0.25, -0.2) is 0 Å². The molecule has 0 aliphatic rings. The lowest BCUT2D eigenvalue weighted by Gasteiger charge is -2.22. The summed E-state index contributed by atoms with van der Waals surface area (Å²) >= 11 is 0. The topological polar surface area (TPSA) is 38.3 Å². The second-order valence-corrected chi connectivity index (χ2v) is 2.90. The van der Waals surface area contributed by atoms with Gasteiger partial charge in [-0.05, 0) is 20.8 Å². The highest BCUT2D eigenvalue weighted by Gasteiger charge is 2.27. The molecule has 3 nitrogen and oxygen atoms in total. The average molecular weight is 169 g/mol. The summed E-state index contributed by atoms with van der Waals surface area (Å²) in [5.74, 6) is 2.12. The van der Waals surface area contributed by atoms with Gasteiger partial charge in [-0.2, -0.15) is 0 Å². The van der Waals surface area contributed by atoms with Gasteiger partial charge in [0.25, 0.3) is 0 Å². The fourth-order valence-electron chi connectivity index (χ4n) is 0.656. The number of rotatable bonds is 4. The number of nitrogens with one attached hydrogen (secondary N) is 1. The fourth-order valence-corrected chi connectivity index (χ4v) is 0.656. The molecule has 0 saturated heterocycles. The van der Waals surface area contributed by atoms with E-state index in [9.17, 15) is 4.79 Å². The van der Waals surface area contributed by atoms with Crippen molar-refractivity contribution in [2.45, 2.75) is 26.3 Å². The quantitative estimate of drug-likeness (QED) is 0.493. The van der Waals surface area contributed by atoms with Gasteiger partial charge in [-0.3, -0.25) is 10.1 Å². The summed E-state index contributed by atoms with van der Waals surface area (Å²) < 4.78 is 4.83. The molecule has 0 rings (SSSR count). The van der Waals surface area contributed by atoms with Crippen molar-refractivity contribution in [2.75, 3.05) is 13.2 Å². The van der Waals surface area contributed by atoms with Crippen LogP contribution in [0.25, 0.3) is 0 Å². The van der Waals surface area contributed by atoms with Gasteiger partial charge in [0.15, 0.2) is 0 Å². The molecule has 0 aliphatic carbocycles. The zero-order valence-corrected chi connectivity index (χ0v) is 7.81. The van der Waals surface area contributed by atoms with Gasteiger partial charge < -0.3 is 4.74 Å². The summed E-state index contributed by atoms with van der Waals surface area (Å²) in [5.41, 5.74) is -0.692. The highest BCUT2D eigenvalue weighted by atomic mass is 16.5. The summed E-state index contributed by atoms with van der Waals surface area (Å²) in [4.78, 5) is 11.2. The van der Waals surface area contributed by atoms with Gasteiger partial charge in [0, 0.05) is 0 Å². The van der Waals surface area contributed by atoms with E-state index in [0.717, 1.165) is 0 Å². The van der Waals surface area contributed by atoms with Crippen LogP contribution in [0.3, 0.4) is 0 Å². The highest BCUT2D eigenvalue weighted by Crippen LogP contribution is 2.03. The van der Waals surface area contributed by atoms with Gasteiger partial charge in [0.1, 0.15) is 5.54 Å². The monoisotopic (exact) mass is 169 g/mol. The van der Waals surface area contributed by atoms with E-state index in [4.69, 9.17) is 11.2 Å². The first-order valence-electron chi connectivity index (χ1n) is 3.90. The molecule has 0 amide bonds. The minimum absolute atomic E-state index is 0.278. The molecule has 0 radical (unpaired) electrons. The van der Waals surface area contributed by atoms with Crippen LogP contribution in [0, 0.1) is 12.3 Å². The molecule has 0 aromatic carbocycles. The highest BCUT2D eigenvalue weighted by molar-refractivity contribution is 5.79. The molecule has 3 heteroatoms. The number of carbonyl (C=O) groups excluding carboxylic acids is 1. The first kappa shape index (κ1) is 11.0. The third-order valence-electron chi connectivity index (χ3n) is 1.42. The number of hydrogen-bond acceptors (Lipinski definition) is 3. The maximum atomic E-state index is 11.2. The van der Waals surface area contributed by atoms with E-state index in [2.05, 4.69) is 11.2 Å². The predicted molar refractivity (Wildman–Crippen MR) is 47.5 cm³/mol. The Morgan fingerprint density at radius 1 is 1.67 bits per heavy atom. The number of esters is 1. The van der Waals surface area contributed by atoms with Crippen LogP contribution in [-0.2, 0) is 9.53 Å². The maximum absolute atomic E-state index is 11.2. The molecule has 12 heavy (non-hydrogen) atoms. The maximum Gasteiger partial charge on any atom is 0.325 e. The molecule has 0 aromatic heterocycles. The van der Waals surface area contributed by atoms with E-state index in [1.54, 1.807) is 20.8 Å². The van der Waals surface area contributed by atoms with E-state index in [1.165, 1.54) is 0 Å². The van der Waals surface area contributed by atoms with Crippen molar-refractivity contribution < 1.29 is 9.53 Å². The Kier molecular flexibility index (Phi) is 4.38. The molecule has 1 N–H and O–H groups in total. The average Bonchev–Trinajstić information content (AvgIpc) is 2.01. The SMILES string of the molecule is C#CCNC(C)(C)C(=O)OCC. The van der Waals surface area contributed by atoms with Crippen LogP contribution in [0.5, 0.6) is 0 Å². The van der Waals surface area contributed by atoms with Crippen LogP contribution in [0.15, 0.2) is 0 Å². The number of hydrogen-bond donors (Lipinski definition) is 1. The molecule has 0 atom stereocenters. The summed E-state index contributed by atoms with van der Waals surface area (Å²) in [6.45, 7) is 6.01. The van der Waals surface area contributed by atoms with E-state index in [1.807, 2.05) is 0 Å². The summed E-state index contributed by atoms with van der Waals surface area (Å²) in [7, 11) is 0. The van der Waals surface area contributed by atoms with Crippen LogP contribution in [-0.4, -0.2) is 24.7 Å². The first-order valence-corrected chi connectivity index (χ1v) is 3.90. The Labute approximate surface area is 73.5 Å². The minimum Gasteiger partial charge on any atom is -0.465 e. The molecule has 0 bridgehead atoms. The standard InChI is InChI=1S/C9H15NO2/c1-5-7-10-9(3,4)8(11)12-6-2/h1,10H,6-7H2,2-4H3. The van der Waals surface area contributed by atoms with Crippen molar-refractivity contribution >= 4 is 5.97 Å². The summed E-state index contributed by atoms with van der Waals surface area (Å²) in [6.07, 6.45) is 5.05. The van der Waals surface area contributed by atoms with E-state index in [-0.39, 0.29) is 5.97 Å². The number of ether oxygens (including phenoxy) is 1. The smallest absolute Gasteiger partial charge is 0.325 e. The Hall–Kier alpha value is -1.01. The Bertz CT molecular complexity index is 191. The molecule has 0 aliphatic heterocycles. The van der Waals surface area contributed by atoms with Crippen LogP contribution in [0.4, 0.5) is 0 Å². The molecule has 0 fully saturated rings. The van der Waals surface area contributed by atoms with Gasteiger partial charge in [-0.15, -0.1) is 6.42 Å². The molecular weight excluding hydrogens is 154 g/mol. The van der Waals surface area contributed by atoms with Gasteiger partial charge >= 0.3 is 5.97 Å². The van der Waals surface area contributed by atoms with Crippen molar-refractivity contribution in [1.82, 2.24) is 5.32 Å². The van der Waals surface area contributed by atoms with Crippen LogP contribution >= 0.6 is 0 Å². The largest absolute Gasteiger partial charge is 0.465 e. The molecule has 0 aromatic rings. The lowest BCUT2D eigenvalue weighted by Crippen LogP contribution is -2.47. The minimum atomic E-state index is -0.692. The van der Waals surface area contributed by atoms with E-state index < -0.39 is 5.54 Å². The number of carbonyl (C=O) groups is 1. The zero-order valence-electron chi connectivity index (χ0n) is 7.81. The zero-order chi connectivity index (χ0) is 9.61. The molecule has 0 saturated carbocycles. The van der Waals surface area contributed by atoms with Crippen LogP contribution in [0.2, 0.25) is 0 Å². The second kappa shape index (κ2) is 4.78. The van der Waals surface area contributed by atoms with Gasteiger partial charge in [0.05, 0.1) is 13.2 Å². The molecular formula is C9H15NO2. The first-order chi connectivity index (χ1) is 5.54. The Morgan fingerprint density at radius 2 is 2.25 bits per heavy atom. The lowest BCUT2D eigenvalue weighted by atomic mass is 10.1. The van der Waals surface area contributed by atoms with Crippen molar-refractivity contribution in [3.63, 3.8) is 0 Å². The Morgan fingerprint density at radius 3 is 2.67 bits per heavy atom. The fraction of sp³-hybridized carbons (Fsp3) is 0.667. The van der Waals surface area contributed by atoms with Crippen molar-refractivity contribution in [1.29, 1.82) is 0 Å². The van der Waals surface area contributed by atoms with Gasteiger partial charge in [0.2, 0.25) is 0 Å². The molecule has 0 heterocycles. The summed E-state index contributed by atoms with van der Waals surface area (Å²) in [6, 6.07) is 0. The normalized spacial score (nSPS) is 10.5. The second-order valence-electron chi connectivity index (χ2n) is 2.90. The lowest BCUT2D eigenvalue weighted by molar-refractivity contribution is -0.149. The van der Waals surface area contributed by atoms with Crippen molar-refractivity contribution in [2.24, 2.45) is 0 Å². The molecule has 68 valence electrons. The van der Waals surface area contributed by atoms with E-state index >= 15 is 0 Å². The van der Waals surface area contributed by atoms with Crippen LogP contribution < -0.4 is 5.32 Å². The number of terminal acetylenes is 1. The van der Waals surface area contributed by atoms with Crippen molar-refractivity contribution in [3.8, 4) is 12.3 Å². The predicted octanol–water partition coefficient (Wildman–Crippen LogP) is 0.551. The van der Waals surface area contributed by atoms with Crippen molar-refractivity contribution in [3.05, 3.63) is 0 Å².